The van der Waals surface area contributed by atoms with Gasteiger partial charge in [-0.25, -0.2) is 13.1 Å². The fraction of sp³-hybridized carbons (Fsp3) is 0.381. The van der Waals surface area contributed by atoms with Crippen molar-refractivity contribution in [2.75, 3.05) is 25.7 Å². The molecular formula is C21H26N2O5S. The van der Waals surface area contributed by atoms with E-state index in [1.165, 1.54) is 13.2 Å². The number of anilines is 1. The zero-order chi connectivity index (χ0) is 21.2. The minimum atomic E-state index is -3.74. The van der Waals surface area contributed by atoms with Gasteiger partial charge in [0.25, 0.3) is 0 Å². The molecule has 0 radical (unpaired) electrons. The first-order chi connectivity index (χ1) is 13.8. The lowest BCUT2D eigenvalue weighted by Gasteiger charge is -2.20. The summed E-state index contributed by atoms with van der Waals surface area (Å²) >= 11 is 0. The molecule has 3 rings (SSSR count). The number of ether oxygens (including phenoxy) is 2. The molecule has 2 aromatic carbocycles. The molecule has 0 aromatic heterocycles. The van der Waals surface area contributed by atoms with Gasteiger partial charge in [0.15, 0.2) is 11.5 Å². The van der Waals surface area contributed by atoms with Crippen LogP contribution in [-0.2, 0) is 14.8 Å². The fourth-order valence-electron chi connectivity index (χ4n) is 3.49. The summed E-state index contributed by atoms with van der Waals surface area (Å²) in [6, 6.07) is 9.66. The van der Waals surface area contributed by atoms with Crippen LogP contribution in [0.25, 0.3) is 0 Å². The van der Waals surface area contributed by atoms with Crippen molar-refractivity contribution in [2.45, 2.75) is 37.6 Å². The number of amides is 1. The van der Waals surface area contributed by atoms with Crippen molar-refractivity contribution in [3.8, 4) is 11.5 Å². The van der Waals surface area contributed by atoms with Crippen molar-refractivity contribution in [2.24, 2.45) is 0 Å². The number of rotatable bonds is 7. The summed E-state index contributed by atoms with van der Waals surface area (Å²) in [5.41, 5.74) is 2.27. The van der Waals surface area contributed by atoms with Crippen LogP contribution in [0.15, 0.2) is 41.3 Å². The van der Waals surface area contributed by atoms with E-state index in [1.807, 2.05) is 6.92 Å². The molecule has 8 heteroatoms. The molecule has 29 heavy (non-hydrogen) atoms. The number of hydrogen-bond acceptors (Lipinski definition) is 5. The molecule has 1 N–H and O–H groups in total. The maximum atomic E-state index is 12.9. The van der Waals surface area contributed by atoms with Crippen molar-refractivity contribution in [3.05, 3.63) is 47.5 Å². The lowest BCUT2D eigenvalue weighted by Crippen LogP contribution is -2.28. The normalized spacial score (nSPS) is 15.4. The number of benzene rings is 2. The molecule has 1 aliphatic rings. The van der Waals surface area contributed by atoms with Crippen LogP contribution in [0.4, 0.5) is 5.69 Å². The molecule has 0 aliphatic carbocycles. The second-order valence-electron chi connectivity index (χ2n) is 7.05. The average molecular weight is 419 g/mol. The number of nitrogens with zero attached hydrogens (tertiary/aromatic N) is 1. The van der Waals surface area contributed by atoms with E-state index in [9.17, 15) is 13.2 Å². The van der Waals surface area contributed by atoms with Crippen molar-refractivity contribution < 1.29 is 22.7 Å². The number of aryl methyl sites for hydroxylation is 1. The highest BCUT2D eigenvalue weighted by Crippen LogP contribution is 2.31. The van der Waals surface area contributed by atoms with Gasteiger partial charge in [-0.15, -0.1) is 0 Å². The van der Waals surface area contributed by atoms with E-state index in [-0.39, 0.29) is 10.8 Å². The molecule has 1 atom stereocenters. The molecule has 1 saturated heterocycles. The molecule has 1 heterocycles. The van der Waals surface area contributed by atoms with Gasteiger partial charge in [-0.2, -0.15) is 0 Å². The predicted octanol–water partition coefficient (Wildman–Crippen LogP) is 3.18. The number of hydrogen-bond donors (Lipinski definition) is 1. The van der Waals surface area contributed by atoms with Gasteiger partial charge in [-0.1, -0.05) is 6.07 Å². The lowest BCUT2D eigenvalue weighted by molar-refractivity contribution is -0.117. The van der Waals surface area contributed by atoms with Gasteiger partial charge in [0.2, 0.25) is 15.9 Å². The zero-order valence-corrected chi connectivity index (χ0v) is 17.9. The smallest absolute Gasteiger partial charge is 0.241 e. The first-order valence-corrected chi connectivity index (χ1v) is 10.9. The lowest BCUT2D eigenvalue weighted by atomic mass is 10.1. The second kappa shape index (κ2) is 8.42. The number of nitrogens with one attached hydrogen (secondary N) is 1. The monoisotopic (exact) mass is 418 g/mol. The van der Waals surface area contributed by atoms with Crippen LogP contribution >= 0.6 is 0 Å². The third-order valence-electron chi connectivity index (χ3n) is 5.08. The molecule has 1 fully saturated rings. The van der Waals surface area contributed by atoms with E-state index in [4.69, 9.17) is 9.47 Å². The Morgan fingerprint density at radius 2 is 1.79 bits per heavy atom. The minimum absolute atomic E-state index is 0.0731. The molecule has 156 valence electrons. The van der Waals surface area contributed by atoms with Crippen LogP contribution < -0.4 is 19.1 Å². The topological polar surface area (TPSA) is 84.9 Å². The standard InChI is InChI=1S/C21H26N2O5S/c1-14-12-17(8-9-18(14)23-11-5-6-21(23)24)29(25,26)22-15(2)16-7-10-19(27-3)20(13-16)28-4/h7-10,12-13,15,22H,5-6,11H2,1-4H3/t15-/m1/s1. The SMILES string of the molecule is COc1ccc([C@@H](C)NS(=O)(=O)c2ccc(N3CCCC3=O)c(C)c2)cc1OC. The maximum Gasteiger partial charge on any atom is 0.241 e. The van der Waals surface area contributed by atoms with Crippen LogP contribution in [0.5, 0.6) is 11.5 Å². The molecule has 7 nitrogen and oxygen atoms in total. The van der Waals surface area contributed by atoms with Gasteiger partial charge in [-0.05, 0) is 61.7 Å². The molecule has 0 spiro atoms. The Labute approximate surface area is 171 Å². The Balaban J connectivity index is 1.82. The average Bonchev–Trinajstić information content (AvgIpc) is 3.12. The third-order valence-corrected chi connectivity index (χ3v) is 6.62. The summed E-state index contributed by atoms with van der Waals surface area (Å²) < 4.78 is 39.0. The van der Waals surface area contributed by atoms with Gasteiger partial charge in [0.1, 0.15) is 0 Å². The van der Waals surface area contributed by atoms with Crippen molar-refractivity contribution in [1.82, 2.24) is 4.72 Å². The second-order valence-corrected chi connectivity index (χ2v) is 8.77. The van der Waals surface area contributed by atoms with Crippen LogP contribution in [0.2, 0.25) is 0 Å². The Hall–Kier alpha value is -2.58. The highest BCUT2D eigenvalue weighted by Gasteiger charge is 2.25. The van der Waals surface area contributed by atoms with E-state index in [0.29, 0.717) is 24.5 Å². The van der Waals surface area contributed by atoms with Gasteiger partial charge < -0.3 is 14.4 Å². The van der Waals surface area contributed by atoms with E-state index in [1.54, 1.807) is 49.3 Å². The highest BCUT2D eigenvalue weighted by molar-refractivity contribution is 7.89. The van der Waals surface area contributed by atoms with Gasteiger partial charge >= 0.3 is 0 Å². The summed E-state index contributed by atoms with van der Waals surface area (Å²) in [6.45, 7) is 4.25. The Morgan fingerprint density at radius 3 is 2.38 bits per heavy atom. The molecule has 0 bridgehead atoms. The first kappa shape index (κ1) is 21.1. The van der Waals surface area contributed by atoms with Crippen LogP contribution in [-0.4, -0.2) is 35.1 Å². The third kappa shape index (κ3) is 4.38. The molecule has 1 aliphatic heterocycles. The number of sulfonamides is 1. The Kier molecular flexibility index (Phi) is 6.14. The van der Waals surface area contributed by atoms with Crippen LogP contribution in [0, 0.1) is 6.92 Å². The van der Waals surface area contributed by atoms with Crippen molar-refractivity contribution in [1.29, 1.82) is 0 Å². The Bertz CT molecular complexity index is 1020. The molecule has 0 unspecified atom stereocenters. The zero-order valence-electron chi connectivity index (χ0n) is 17.1. The summed E-state index contributed by atoms with van der Waals surface area (Å²) in [5, 5.41) is 0. The van der Waals surface area contributed by atoms with E-state index in [0.717, 1.165) is 23.2 Å². The van der Waals surface area contributed by atoms with Crippen LogP contribution in [0.1, 0.15) is 36.9 Å². The first-order valence-electron chi connectivity index (χ1n) is 9.42. The summed E-state index contributed by atoms with van der Waals surface area (Å²) in [4.78, 5) is 13.9. The number of carbonyl (C=O) groups is 1. The minimum Gasteiger partial charge on any atom is -0.493 e. The maximum absolute atomic E-state index is 12.9. The fourth-order valence-corrected chi connectivity index (χ4v) is 4.81. The van der Waals surface area contributed by atoms with E-state index < -0.39 is 16.1 Å². The van der Waals surface area contributed by atoms with Gasteiger partial charge in [-0.3, -0.25) is 4.79 Å². The van der Waals surface area contributed by atoms with Gasteiger partial charge in [0, 0.05) is 24.7 Å². The molecule has 2 aromatic rings. The highest BCUT2D eigenvalue weighted by atomic mass is 32.2. The van der Waals surface area contributed by atoms with Crippen molar-refractivity contribution in [3.63, 3.8) is 0 Å². The van der Waals surface area contributed by atoms with E-state index >= 15 is 0 Å². The largest absolute Gasteiger partial charge is 0.493 e. The van der Waals surface area contributed by atoms with Gasteiger partial charge in [0.05, 0.1) is 19.1 Å². The van der Waals surface area contributed by atoms with E-state index in [2.05, 4.69) is 4.72 Å². The summed E-state index contributed by atoms with van der Waals surface area (Å²) in [5.74, 6) is 1.18. The predicted molar refractivity (Wildman–Crippen MR) is 111 cm³/mol. The number of methoxy groups -OCH3 is 2. The summed E-state index contributed by atoms with van der Waals surface area (Å²) in [6.07, 6.45) is 1.35. The quantitative estimate of drug-likeness (QED) is 0.747. The van der Waals surface area contributed by atoms with Crippen molar-refractivity contribution >= 4 is 21.6 Å². The number of carbonyl (C=O) groups excluding carboxylic acids is 1. The molecule has 1 amide bonds. The molecule has 0 saturated carbocycles. The molecular weight excluding hydrogens is 392 g/mol. The summed E-state index contributed by atoms with van der Waals surface area (Å²) in [7, 11) is -0.664. The van der Waals surface area contributed by atoms with Crippen LogP contribution in [0.3, 0.4) is 0 Å². The Morgan fingerprint density at radius 1 is 1.07 bits per heavy atom.